The van der Waals surface area contributed by atoms with E-state index in [9.17, 15) is 0 Å². The molecule has 1 fully saturated rings. The first kappa shape index (κ1) is 16.6. The number of aromatic nitrogens is 6. The maximum absolute atomic E-state index is 5.48. The van der Waals surface area contributed by atoms with Gasteiger partial charge in [-0.15, -0.1) is 0 Å². The molecule has 140 valence electrons. The first-order valence-electron chi connectivity index (χ1n) is 9.15. The molecule has 0 amide bonds. The Labute approximate surface area is 161 Å². The normalized spacial score (nSPS) is 14.5. The summed E-state index contributed by atoms with van der Waals surface area (Å²) in [4.78, 5) is 23.9. The summed E-state index contributed by atoms with van der Waals surface area (Å²) in [6.07, 6.45) is 7.15. The van der Waals surface area contributed by atoms with Crippen LogP contribution in [-0.4, -0.2) is 55.8 Å². The van der Waals surface area contributed by atoms with E-state index in [1.54, 1.807) is 12.3 Å². The summed E-state index contributed by atoms with van der Waals surface area (Å²) in [6.45, 7) is 6.64. The first-order valence-corrected chi connectivity index (χ1v) is 9.15. The van der Waals surface area contributed by atoms with Crippen molar-refractivity contribution in [3.8, 4) is 17.3 Å². The van der Waals surface area contributed by atoms with E-state index in [1.807, 2.05) is 41.2 Å². The zero-order valence-electron chi connectivity index (χ0n) is 15.2. The third-order valence-corrected chi connectivity index (χ3v) is 4.81. The fourth-order valence-corrected chi connectivity index (χ4v) is 3.40. The number of imidazole rings is 1. The summed E-state index contributed by atoms with van der Waals surface area (Å²) in [7, 11) is 0. The second-order valence-corrected chi connectivity index (χ2v) is 6.46. The van der Waals surface area contributed by atoms with E-state index in [2.05, 4.69) is 21.4 Å². The Balaban J connectivity index is 1.71. The molecule has 0 unspecified atom stereocenters. The Hall–Kier alpha value is -3.52. The average Bonchev–Trinajstić information content (AvgIpc) is 3.43. The van der Waals surface area contributed by atoms with Crippen LogP contribution in [0.3, 0.4) is 0 Å². The van der Waals surface area contributed by atoms with Crippen LogP contribution in [0.2, 0.25) is 0 Å². The highest BCUT2D eigenvalue weighted by atomic mass is 16.5. The third-order valence-electron chi connectivity index (χ3n) is 4.81. The van der Waals surface area contributed by atoms with Crippen molar-refractivity contribution in [1.29, 1.82) is 0 Å². The minimum atomic E-state index is 0.520. The van der Waals surface area contributed by atoms with Crippen LogP contribution in [0.5, 0.6) is 0 Å². The van der Waals surface area contributed by atoms with Crippen molar-refractivity contribution < 1.29 is 4.74 Å². The molecule has 1 N–H and O–H groups in total. The summed E-state index contributed by atoms with van der Waals surface area (Å²) in [5.74, 6) is 2.47. The van der Waals surface area contributed by atoms with Gasteiger partial charge in [0, 0.05) is 48.1 Å². The monoisotopic (exact) mass is 373 g/mol. The Morgan fingerprint density at radius 2 is 1.93 bits per heavy atom. The number of rotatable bonds is 4. The van der Waals surface area contributed by atoms with Gasteiger partial charge in [0.25, 0.3) is 0 Å². The molecular weight excluding hydrogens is 354 g/mol. The number of nitrogens with zero attached hydrogens (tertiary/aromatic N) is 6. The summed E-state index contributed by atoms with van der Waals surface area (Å²) in [5.41, 5.74) is 2.00. The van der Waals surface area contributed by atoms with Crippen molar-refractivity contribution in [2.45, 2.75) is 0 Å². The van der Waals surface area contributed by atoms with E-state index < -0.39 is 0 Å². The predicted octanol–water partition coefficient (Wildman–Crippen LogP) is 2.69. The molecule has 1 aliphatic rings. The predicted molar refractivity (Wildman–Crippen MR) is 107 cm³/mol. The summed E-state index contributed by atoms with van der Waals surface area (Å²) < 4.78 is 7.30. The van der Waals surface area contributed by atoms with E-state index in [-0.39, 0.29) is 0 Å². The molecule has 4 aromatic rings. The van der Waals surface area contributed by atoms with Gasteiger partial charge in [0.1, 0.15) is 5.82 Å². The van der Waals surface area contributed by atoms with Crippen LogP contribution in [0.1, 0.15) is 5.82 Å². The molecule has 8 heteroatoms. The van der Waals surface area contributed by atoms with Crippen LogP contribution >= 0.6 is 0 Å². The maximum atomic E-state index is 5.48. The van der Waals surface area contributed by atoms with E-state index in [0.29, 0.717) is 36.8 Å². The van der Waals surface area contributed by atoms with Gasteiger partial charge < -0.3 is 14.6 Å². The second-order valence-electron chi connectivity index (χ2n) is 6.46. The Bertz CT molecular complexity index is 1140. The first-order chi connectivity index (χ1) is 13.8. The smallest absolute Gasteiger partial charge is 0.240 e. The van der Waals surface area contributed by atoms with Crippen molar-refractivity contribution >= 4 is 22.9 Å². The van der Waals surface area contributed by atoms with Gasteiger partial charge in [0.15, 0.2) is 5.82 Å². The van der Waals surface area contributed by atoms with Gasteiger partial charge in [-0.1, -0.05) is 18.7 Å². The summed E-state index contributed by atoms with van der Waals surface area (Å²) >= 11 is 0. The number of anilines is 1. The number of aromatic amines is 1. The number of hydrogen-bond donors (Lipinski definition) is 1. The van der Waals surface area contributed by atoms with Crippen LogP contribution in [0.25, 0.3) is 34.3 Å². The summed E-state index contributed by atoms with van der Waals surface area (Å²) in [5, 5.41) is 1.07. The zero-order valence-corrected chi connectivity index (χ0v) is 15.2. The van der Waals surface area contributed by atoms with E-state index in [4.69, 9.17) is 19.7 Å². The molecule has 4 heterocycles. The Kier molecular flexibility index (Phi) is 4.10. The number of H-pyrrole nitrogens is 1. The molecule has 1 aromatic carbocycles. The van der Waals surface area contributed by atoms with Crippen molar-refractivity contribution in [2.75, 3.05) is 31.2 Å². The molecule has 3 aromatic heterocycles. The van der Waals surface area contributed by atoms with Gasteiger partial charge in [-0.2, -0.15) is 15.0 Å². The summed E-state index contributed by atoms with van der Waals surface area (Å²) in [6, 6.07) is 8.10. The van der Waals surface area contributed by atoms with Crippen molar-refractivity contribution in [3.05, 3.63) is 55.3 Å². The third kappa shape index (κ3) is 2.84. The molecule has 8 nitrogen and oxygen atoms in total. The standard InChI is InChI=1S/C20H19N7O/c1-2-17-22-8-9-27(17)20-24-18(15-4-3-5-16-14(15)6-7-21-16)23-19(25-20)26-10-12-28-13-11-26/h2-9,21H,1,10-13H2. The van der Waals surface area contributed by atoms with Crippen molar-refractivity contribution in [3.63, 3.8) is 0 Å². The second kappa shape index (κ2) is 6.90. The van der Waals surface area contributed by atoms with E-state index in [0.717, 1.165) is 29.6 Å². The molecule has 0 spiro atoms. The zero-order chi connectivity index (χ0) is 18.9. The number of hydrogen-bond acceptors (Lipinski definition) is 6. The molecule has 0 atom stereocenters. The van der Waals surface area contributed by atoms with Crippen molar-refractivity contribution in [1.82, 2.24) is 29.5 Å². The minimum Gasteiger partial charge on any atom is -0.378 e. The van der Waals surface area contributed by atoms with E-state index >= 15 is 0 Å². The molecule has 28 heavy (non-hydrogen) atoms. The number of benzene rings is 1. The number of nitrogens with one attached hydrogen (secondary N) is 1. The van der Waals surface area contributed by atoms with Gasteiger partial charge in [-0.25, -0.2) is 4.98 Å². The SMILES string of the molecule is C=Cc1nccn1-c1nc(-c2cccc3[nH]ccc23)nc(N2CCOCC2)n1. The maximum Gasteiger partial charge on any atom is 0.240 e. The van der Waals surface area contributed by atoms with Crippen LogP contribution in [0.15, 0.2) is 49.4 Å². The van der Waals surface area contributed by atoms with Crippen molar-refractivity contribution in [2.24, 2.45) is 0 Å². The molecular formula is C20H19N7O. The average molecular weight is 373 g/mol. The Morgan fingerprint density at radius 3 is 2.79 bits per heavy atom. The van der Waals surface area contributed by atoms with Gasteiger partial charge in [0.05, 0.1) is 13.2 Å². The van der Waals surface area contributed by atoms with Gasteiger partial charge in [-0.05, 0) is 18.2 Å². The number of ether oxygens (including phenoxy) is 1. The molecule has 0 saturated carbocycles. The van der Waals surface area contributed by atoms with Gasteiger partial charge in [-0.3, -0.25) is 4.57 Å². The molecule has 0 aliphatic carbocycles. The lowest BCUT2D eigenvalue weighted by atomic mass is 10.1. The largest absolute Gasteiger partial charge is 0.378 e. The molecule has 1 saturated heterocycles. The lowest BCUT2D eigenvalue weighted by Crippen LogP contribution is -2.37. The topological polar surface area (TPSA) is 84.8 Å². The highest BCUT2D eigenvalue weighted by Crippen LogP contribution is 2.27. The fraction of sp³-hybridized carbons (Fsp3) is 0.200. The molecule has 1 aliphatic heterocycles. The molecule has 5 rings (SSSR count). The van der Waals surface area contributed by atoms with Crippen LogP contribution in [0.4, 0.5) is 5.95 Å². The van der Waals surface area contributed by atoms with Gasteiger partial charge in [0.2, 0.25) is 11.9 Å². The highest BCUT2D eigenvalue weighted by molar-refractivity contribution is 5.93. The van der Waals surface area contributed by atoms with Crippen LogP contribution in [0, 0.1) is 0 Å². The fourth-order valence-electron chi connectivity index (χ4n) is 3.40. The van der Waals surface area contributed by atoms with E-state index in [1.165, 1.54) is 0 Å². The number of morpholine rings is 1. The number of fused-ring (bicyclic) bond motifs is 1. The Morgan fingerprint density at radius 1 is 1.07 bits per heavy atom. The minimum absolute atomic E-state index is 0.520. The van der Waals surface area contributed by atoms with Crippen LogP contribution in [-0.2, 0) is 4.74 Å². The lowest BCUT2D eigenvalue weighted by molar-refractivity contribution is 0.122. The van der Waals surface area contributed by atoms with Gasteiger partial charge >= 0.3 is 0 Å². The van der Waals surface area contributed by atoms with Crippen LogP contribution < -0.4 is 4.90 Å². The molecule has 0 radical (unpaired) electrons. The quantitative estimate of drug-likeness (QED) is 0.592. The lowest BCUT2D eigenvalue weighted by Gasteiger charge is -2.27. The highest BCUT2D eigenvalue weighted by Gasteiger charge is 2.19. The molecule has 0 bridgehead atoms.